The number of carbonyl (C=O) groups excluding carboxylic acids is 1. The molecule has 0 saturated heterocycles. The third-order valence-corrected chi connectivity index (χ3v) is 1.58. The van der Waals surface area contributed by atoms with E-state index < -0.39 is 17.2 Å². The first kappa shape index (κ1) is 12.3. The van der Waals surface area contributed by atoms with Crippen LogP contribution >= 0.6 is 0 Å². The van der Waals surface area contributed by atoms with Gasteiger partial charge in [0.2, 0.25) is 11.3 Å². The smallest absolute Gasteiger partial charge is 0.333 e. The van der Waals surface area contributed by atoms with E-state index in [1.54, 1.807) is 6.92 Å². The molecule has 0 amide bonds. The first-order valence-corrected chi connectivity index (χ1v) is 4.81. The van der Waals surface area contributed by atoms with Crippen LogP contribution in [0.15, 0.2) is 12.2 Å². The fourth-order valence-corrected chi connectivity index (χ4v) is 0.839. The summed E-state index contributed by atoms with van der Waals surface area (Å²) in [7, 11) is 0. The monoisotopic (exact) mass is 207 g/mol. The van der Waals surface area contributed by atoms with Crippen molar-refractivity contribution in [3.05, 3.63) is 12.2 Å². The molecule has 0 heterocycles. The maximum absolute atomic E-state index is 10.8. The third-order valence-electron chi connectivity index (χ3n) is 1.13. The van der Waals surface area contributed by atoms with E-state index in [9.17, 15) is 9.00 Å². The molecule has 1 atom stereocenters. The van der Waals surface area contributed by atoms with Gasteiger partial charge in [-0.3, -0.25) is 4.55 Å². The van der Waals surface area contributed by atoms with E-state index in [0.717, 1.165) is 0 Å². The molecule has 0 aromatic carbocycles. The number of ether oxygens (including phenoxy) is 1. The van der Waals surface area contributed by atoms with Crippen LogP contribution in [-0.4, -0.2) is 27.9 Å². The van der Waals surface area contributed by atoms with Crippen molar-refractivity contribution in [2.75, 3.05) is 13.2 Å². The molecule has 0 aliphatic heterocycles. The lowest BCUT2D eigenvalue weighted by atomic mass is 10.4. The Bertz CT molecular complexity index is 217. The molecule has 2 N–H and O–H groups in total. The molecule has 0 aliphatic rings. The Morgan fingerprint density at radius 2 is 2.31 bits per heavy atom. The molecule has 13 heavy (non-hydrogen) atoms. The first-order valence-electron chi connectivity index (χ1n) is 3.71. The lowest BCUT2D eigenvalue weighted by molar-refractivity contribution is -0.138. The van der Waals surface area contributed by atoms with Crippen LogP contribution in [0.1, 0.15) is 13.3 Å². The molecular weight excluding hydrogens is 194 g/mol. The number of carbonyl (C=O) groups is 1. The van der Waals surface area contributed by atoms with E-state index >= 15 is 0 Å². The average Bonchev–Trinajstić information content (AvgIpc) is 2.02. The van der Waals surface area contributed by atoms with E-state index in [1.165, 1.54) is 0 Å². The summed E-state index contributed by atoms with van der Waals surface area (Å²) in [5, 5.41) is 0. The summed E-state index contributed by atoms with van der Waals surface area (Å²) < 4.78 is 25.4. The van der Waals surface area contributed by atoms with Crippen LogP contribution in [0.2, 0.25) is 0 Å². The van der Waals surface area contributed by atoms with Gasteiger partial charge in [-0.25, -0.2) is 13.7 Å². The highest BCUT2D eigenvalue weighted by Gasteiger charge is 2.01. The molecule has 0 spiro atoms. The molecule has 1 unspecified atom stereocenters. The molecule has 0 radical (unpaired) electrons. The number of esters is 1. The Balaban J connectivity index is 3.31. The zero-order chi connectivity index (χ0) is 10.3. The van der Waals surface area contributed by atoms with Gasteiger partial charge >= 0.3 is 5.97 Å². The Kier molecular flexibility index (Phi) is 6.38. The van der Waals surface area contributed by atoms with Crippen molar-refractivity contribution >= 4 is 17.2 Å². The Hall–Kier alpha value is -0.720. The summed E-state index contributed by atoms with van der Waals surface area (Å²) in [4.78, 5) is 10.8. The van der Waals surface area contributed by atoms with E-state index in [4.69, 9.17) is 9.29 Å². The van der Waals surface area contributed by atoms with Gasteiger partial charge in [-0.15, -0.1) is 0 Å². The second-order valence-electron chi connectivity index (χ2n) is 2.41. The summed E-state index contributed by atoms with van der Waals surface area (Å²) in [6.07, 6.45) is 0.491. The average molecular weight is 207 g/mol. The van der Waals surface area contributed by atoms with E-state index in [1.807, 2.05) is 0 Å². The number of hydrogen-bond acceptors (Lipinski definition) is 3. The molecule has 0 aromatic heterocycles. The minimum atomic E-state index is -2.00. The van der Waals surface area contributed by atoms with E-state index in [2.05, 4.69) is 11.3 Å². The highest BCUT2D eigenvalue weighted by atomic mass is 32.2. The Labute approximate surface area is 79.6 Å². The lowest BCUT2D eigenvalue weighted by Gasteiger charge is -2.03. The van der Waals surface area contributed by atoms with Gasteiger partial charge < -0.3 is 4.74 Å². The zero-order valence-electron chi connectivity index (χ0n) is 7.41. The van der Waals surface area contributed by atoms with Crippen molar-refractivity contribution in [3.8, 4) is 0 Å². The minimum Gasteiger partial charge on any atom is -0.462 e. The van der Waals surface area contributed by atoms with Crippen molar-refractivity contribution in [2.24, 2.45) is 0 Å². The van der Waals surface area contributed by atoms with Gasteiger partial charge in [0, 0.05) is 12.1 Å². The topological polar surface area (TPSA) is 75.6 Å². The van der Waals surface area contributed by atoms with Gasteiger partial charge in [-0.2, -0.15) is 0 Å². The molecule has 5 nitrogen and oxygen atoms in total. The second-order valence-corrected chi connectivity index (χ2v) is 3.20. The Morgan fingerprint density at radius 3 is 2.77 bits per heavy atom. The van der Waals surface area contributed by atoms with E-state index in [-0.39, 0.29) is 6.61 Å². The highest BCUT2D eigenvalue weighted by molar-refractivity contribution is 7.77. The van der Waals surface area contributed by atoms with Crippen LogP contribution in [-0.2, 0) is 20.8 Å². The predicted molar refractivity (Wildman–Crippen MR) is 49.2 cm³/mol. The summed E-state index contributed by atoms with van der Waals surface area (Å²) in [5.41, 5.74) is 0.346. The zero-order valence-corrected chi connectivity index (χ0v) is 8.23. The summed E-state index contributed by atoms with van der Waals surface area (Å²) in [6, 6.07) is 0. The van der Waals surface area contributed by atoms with Crippen LogP contribution in [0, 0.1) is 0 Å². The SMILES string of the molecule is C=C(C)C(=O)OCCCNS(=O)O. The summed E-state index contributed by atoms with van der Waals surface area (Å²) in [6.45, 7) is 5.51. The molecule has 0 aliphatic carbocycles. The third kappa shape index (κ3) is 7.63. The van der Waals surface area contributed by atoms with Crippen molar-refractivity contribution in [1.29, 1.82) is 0 Å². The maximum atomic E-state index is 10.8. The molecule has 0 rings (SSSR count). The fraction of sp³-hybridized carbons (Fsp3) is 0.571. The molecular formula is C7H13NO4S. The molecule has 76 valence electrons. The van der Waals surface area contributed by atoms with Crippen LogP contribution in [0.4, 0.5) is 0 Å². The van der Waals surface area contributed by atoms with Crippen LogP contribution in [0.25, 0.3) is 0 Å². The first-order chi connectivity index (χ1) is 6.04. The normalized spacial score (nSPS) is 12.2. The fourth-order valence-electron chi connectivity index (χ4n) is 0.520. The maximum Gasteiger partial charge on any atom is 0.333 e. The number of nitrogens with one attached hydrogen (secondary N) is 1. The highest BCUT2D eigenvalue weighted by Crippen LogP contribution is 1.92. The van der Waals surface area contributed by atoms with Crippen molar-refractivity contribution in [1.82, 2.24) is 4.72 Å². The van der Waals surface area contributed by atoms with Gasteiger partial charge in [0.25, 0.3) is 0 Å². The van der Waals surface area contributed by atoms with Gasteiger partial charge in [-0.1, -0.05) is 6.58 Å². The van der Waals surface area contributed by atoms with Crippen molar-refractivity contribution in [3.63, 3.8) is 0 Å². The van der Waals surface area contributed by atoms with Crippen LogP contribution in [0.3, 0.4) is 0 Å². The quantitative estimate of drug-likeness (QED) is 0.283. The number of rotatable bonds is 6. The number of hydrogen-bond donors (Lipinski definition) is 2. The summed E-state index contributed by atoms with van der Waals surface area (Å²) in [5.74, 6) is -0.440. The van der Waals surface area contributed by atoms with Crippen LogP contribution in [0.5, 0.6) is 0 Å². The molecule has 0 fully saturated rings. The second kappa shape index (κ2) is 6.76. The largest absolute Gasteiger partial charge is 0.462 e. The molecule has 0 saturated carbocycles. The summed E-state index contributed by atoms with van der Waals surface area (Å²) >= 11 is -2.00. The minimum absolute atomic E-state index is 0.218. The van der Waals surface area contributed by atoms with Gasteiger partial charge in [0.05, 0.1) is 6.61 Å². The predicted octanol–water partition coefficient (Wildman–Crippen LogP) is 0.222. The van der Waals surface area contributed by atoms with E-state index in [0.29, 0.717) is 18.5 Å². The molecule has 6 heteroatoms. The van der Waals surface area contributed by atoms with Crippen LogP contribution < -0.4 is 4.72 Å². The molecule has 0 bridgehead atoms. The van der Waals surface area contributed by atoms with Gasteiger partial charge in [0.1, 0.15) is 0 Å². The Morgan fingerprint density at radius 1 is 1.69 bits per heavy atom. The van der Waals surface area contributed by atoms with Gasteiger partial charge in [0.15, 0.2) is 0 Å². The van der Waals surface area contributed by atoms with Crippen molar-refractivity contribution in [2.45, 2.75) is 13.3 Å². The van der Waals surface area contributed by atoms with Crippen molar-refractivity contribution < 1.29 is 18.3 Å². The lowest BCUT2D eigenvalue weighted by Crippen LogP contribution is -2.19. The van der Waals surface area contributed by atoms with Gasteiger partial charge in [-0.05, 0) is 13.3 Å². The standard InChI is InChI=1S/C7H13NO4S/c1-6(2)7(9)12-5-3-4-8-13(10)11/h8H,1,3-5H2,2H3,(H,10,11). The molecule has 0 aromatic rings.